The minimum absolute atomic E-state index is 0.823. The van der Waals surface area contributed by atoms with Gasteiger partial charge in [-0.15, -0.1) is 0 Å². The van der Waals surface area contributed by atoms with Gasteiger partial charge in [-0.2, -0.15) is 4.98 Å². The average Bonchev–Trinajstić information content (AvgIpc) is 2.69. The Kier molecular flexibility index (Phi) is 4.57. The maximum absolute atomic E-state index is 4.92. The van der Waals surface area contributed by atoms with E-state index in [1.165, 1.54) is 11.1 Å². The normalized spacial score (nSPS) is 13.4. The zero-order valence-electron chi connectivity index (χ0n) is 15.4. The van der Waals surface area contributed by atoms with Gasteiger partial charge in [-0.1, -0.05) is 42.5 Å². The second kappa shape index (κ2) is 7.16. The Labute approximate surface area is 155 Å². The van der Waals surface area contributed by atoms with E-state index in [1.54, 1.807) is 0 Å². The third-order valence-corrected chi connectivity index (χ3v) is 4.90. The molecule has 132 valence electrons. The Hall–Kier alpha value is -2.88. The van der Waals surface area contributed by atoms with Gasteiger partial charge in [0, 0.05) is 37.1 Å². The Morgan fingerprint density at radius 2 is 1.69 bits per heavy atom. The van der Waals surface area contributed by atoms with Gasteiger partial charge in [0.2, 0.25) is 5.95 Å². The molecule has 2 aromatic carbocycles. The molecule has 0 N–H and O–H groups in total. The number of aryl methyl sites for hydroxylation is 1. The number of benzene rings is 2. The van der Waals surface area contributed by atoms with E-state index in [-0.39, 0.29) is 0 Å². The van der Waals surface area contributed by atoms with Crippen molar-refractivity contribution < 1.29 is 0 Å². The van der Waals surface area contributed by atoms with Crippen LogP contribution in [0, 0.1) is 6.92 Å². The third-order valence-electron chi connectivity index (χ3n) is 4.90. The van der Waals surface area contributed by atoms with Crippen LogP contribution in [0.2, 0.25) is 0 Å². The van der Waals surface area contributed by atoms with Crippen molar-refractivity contribution >= 4 is 17.5 Å². The zero-order chi connectivity index (χ0) is 17.9. The molecule has 3 aromatic rings. The van der Waals surface area contributed by atoms with Crippen LogP contribution in [0.1, 0.15) is 23.7 Å². The molecule has 0 spiro atoms. The van der Waals surface area contributed by atoms with E-state index >= 15 is 0 Å². The first-order valence-electron chi connectivity index (χ1n) is 9.24. The van der Waals surface area contributed by atoms with Crippen LogP contribution in [0.5, 0.6) is 0 Å². The van der Waals surface area contributed by atoms with E-state index in [4.69, 9.17) is 9.97 Å². The number of hydrogen-bond donors (Lipinski definition) is 0. The van der Waals surface area contributed by atoms with E-state index in [0.717, 1.165) is 49.2 Å². The molecule has 4 rings (SSSR count). The van der Waals surface area contributed by atoms with E-state index < -0.39 is 0 Å². The highest BCUT2D eigenvalue weighted by molar-refractivity contribution is 5.61. The van der Waals surface area contributed by atoms with Crippen molar-refractivity contribution in [2.24, 2.45) is 0 Å². The first-order chi connectivity index (χ1) is 12.7. The number of para-hydroxylation sites is 1. The lowest BCUT2D eigenvalue weighted by Crippen LogP contribution is -2.32. The Balaban J connectivity index is 1.67. The fourth-order valence-electron chi connectivity index (χ4n) is 3.57. The van der Waals surface area contributed by atoms with Gasteiger partial charge in [-0.3, -0.25) is 0 Å². The Morgan fingerprint density at radius 3 is 2.46 bits per heavy atom. The highest BCUT2D eigenvalue weighted by Gasteiger charge is 2.20. The number of aromatic nitrogens is 2. The number of anilines is 3. The summed E-state index contributed by atoms with van der Waals surface area (Å²) in [6.45, 7) is 6.89. The number of fused-ring (bicyclic) bond motifs is 1. The number of nitrogens with zero attached hydrogens (tertiary/aromatic N) is 4. The van der Waals surface area contributed by atoms with Crippen molar-refractivity contribution in [1.29, 1.82) is 0 Å². The van der Waals surface area contributed by atoms with Gasteiger partial charge in [0.1, 0.15) is 5.82 Å². The highest BCUT2D eigenvalue weighted by Crippen LogP contribution is 2.27. The largest absolute Gasteiger partial charge is 0.336 e. The van der Waals surface area contributed by atoms with Gasteiger partial charge in [-0.25, -0.2) is 4.98 Å². The lowest BCUT2D eigenvalue weighted by molar-refractivity contribution is 0.705. The van der Waals surface area contributed by atoms with Crippen molar-refractivity contribution in [2.45, 2.75) is 26.8 Å². The maximum Gasteiger partial charge on any atom is 0.227 e. The van der Waals surface area contributed by atoms with Crippen molar-refractivity contribution in [3.63, 3.8) is 0 Å². The molecule has 0 fully saturated rings. The quantitative estimate of drug-likeness (QED) is 0.697. The first-order valence-corrected chi connectivity index (χ1v) is 9.24. The van der Waals surface area contributed by atoms with Gasteiger partial charge in [-0.05, 0) is 43.5 Å². The SMILES string of the molecule is CCN(c1ccccc1)c1cc(C)nc(N2CCc3ccccc3C2)n1. The molecule has 0 amide bonds. The molecule has 26 heavy (non-hydrogen) atoms. The van der Waals surface area contributed by atoms with E-state index in [1.807, 2.05) is 13.0 Å². The molecule has 1 aliphatic rings. The van der Waals surface area contributed by atoms with Crippen LogP contribution < -0.4 is 9.80 Å². The second-order valence-electron chi connectivity index (χ2n) is 6.69. The average molecular weight is 344 g/mol. The molecule has 0 unspecified atom stereocenters. The number of hydrogen-bond acceptors (Lipinski definition) is 4. The van der Waals surface area contributed by atoms with Crippen LogP contribution in [0.3, 0.4) is 0 Å². The fourth-order valence-corrected chi connectivity index (χ4v) is 3.57. The van der Waals surface area contributed by atoms with Gasteiger partial charge >= 0.3 is 0 Å². The molecular weight excluding hydrogens is 320 g/mol. The Morgan fingerprint density at radius 1 is 0.962 bits per heavy atom. The van der Waals surface area contributed by atoms with E-state index in [9.17, 15) is 0 Å². The molecule has 4 heteroatoms. The monoisotopic (exact) mass is 344 g/mol. The second-order valence-corrected chi connectivity index (χ2v) is 6.69. The summed E-state index contributed by atoms with van der Waals surface area (Å²) in [7, 11) is 0. The van der Waals surface area contributed by atoms with Crippen LogP contribution in [-0.4, -0.2) is 23.1 Å². The fraction of sp³-hybridized carbons (Fsp3) is 0.273. The van der Waals surface area contributed by atoms with Crippen molar-refractivity contribution in [3.8, 4) is 0 Å². The third kappa shape index (κ3) is 3.27. The highest BCUT2D eigenvalue weighted by atomic mass is 15.3. The molecule has 0 saturated carbocycles. The molecule has 0 bridgehead atoms. The summed E-state index contributed by atoms with van der Waals surface area (Å²) >= 11 is 0. The standard InChI is InChI=1S/C22H24N4/c1-3-26(20-11-5-4-6-12-20)21-15-17(2)23-22(24-21)25-14-13-18-9-7-8-10-19(18)16-25/h4-12,15H,3,13-14,16H2,1-2H3. The van der Waals surface area contributed by atoms with E-state index in [2.05, 4.69) is 71.3 Å². The van der Waals surface area contributed by atoms with Crippen molar-refractivity contribution in [3.05, 3.63) is 77.5 Å². The molecule has 4 nitrogen and oxygen atoms in total. The minimum atomic E-state index is 0.823. The minimum Gasteiger partial charge on any atom is -0.336 e. The summed E-state index contributed by atoms with van der Waals surface area (Å²) in [5.41, 5.74) is 4.97. The number of rotatable bonds is 4. The van der Waals surface area contributed by atoms with Crippen LogP contribution in [0.25, 0.3) is 0 Å². The van der Waals surface area contributed by atoms with Crippen molar-refractivity contribution in [1.82, 2.24) is 9.97 Å². The topological polar surface area (TPSA) is 32.3 Å². The molecule has 0 atom stereocenters. The van der Waals surface area contributed by atoms with Crippen LogP contribution in [-0.2, 0) is 13.0 Å². The zero-order valence-corrected chi connectivity index (χ0v) is 15.4. The summed E-state index contributed by atoms with van der Waals surface area (Å²) < 4.78 is 0. The predicted molar refractivity (Wildman–Crippen MR) is 107 cm³/mol. The molecular formula is C22H24N4. The first kappa shape index (κ1) is 16.6. The van der Waals surface area contributed by atoms with Gasteiger partial charge in [0.05, 0.1) is 0 Å². The molecule has 0 radical (unpaired) electrons. The van der Waals surface area contributed by atoms with Crippen LogP contribution >= 0.6 is 0 Å². The van der Waals surface area contributed by atoms with Crippen LogP contribution in [0.4, 0.5) is 17.5 Å². The van der Waals surface area contributed by atoms with Crippen LogP contribution in [0.15, 0.2) is 60.7 Å². The summed E-state index contributed by atoms with van der Waals surface area (Å²) in [5, 5.41) is 0. The van der Waals surface area contributed by atoms with E-state index in [0.29, 0.717) is 0 Å². The molecule has 2 heterocycles. The summed E-state index contributed by atoms with van der Waals surface area (Å²) in [4.78, 5) is 14.2. The summed E-state index contributed by atoms with van der Waals surface area (Å²) in [6, 6.07) is 21.1. The smallest absolute Gasteiger partial charge is 0.227 e. The van der Waals surface area contributed by atoms with Gasteiger partial charge < -0.3 is 9.80 Å². The lowest BCUT2D eigenvalue weighted by Gasteiger charge is -2.30. The Bertz CT molecular complexity index is 892. The molecule has 1 aromatic heterocycles. The predicted octanol–water partition coefficient (Wildman–Crippen LogP) is 4.51. The molecule has 0 aliphatic carbocycles. The summed E-state index contributed by atoms with van der Waals surface area (Å²) in [6.07, 6.45) is 1.04. The van der Waals surface area contributed by atoms with Crippen molar-refractivity contribution in [2.75, 3.05) is 22.9 Å². The maximum atomic E-state index is 4.92. The molecule has 1 aliphatic heterocycles. The van der Waals surface area contributed by atoms with Gasteiger partial charge in [0.25, 0.3) is 0 Å². The van der Waals surface area contributed by atoms with Gasteiger partial charge in [0.15, 0.2) is 0 Å². The lowest BCUT2D eigenvalue weighted by atomic mass is 10.0. The molecule has 0 saturated heterocycles. The summed E-state index contributed by atoms with van der Waals surface area (Å²) in [5.74, 6) is 1.78.